The van der Waals surface area contributed by atoms with E-state index >= 15 is 0 Å². The molecule has 4 aliphatic rings. The zero-order valence-electron chi connectivity index (χ0n) is 14.6. The van der Waals surface area contributed by atoms with Gasteiger partial charge < -0.3 is 10.2 Å². The number of ketones is 1. The van der Waals surface area contributed by atoms with Gasteiger partial charge in [-0.2, -0.15) is 0 Å². The van der Waals surface area contributed by atoms with Crippen molar-refractivity contribution in [1.82, 2.24) is 0 Å². The molecule has 3 heteroatoms. The molecule has 23 heavy (non-hydrogen) atoms. The smallest absolute Gasteiger partial charge is 0.136 e. The van der Waals surface area contributed by atoms with Gasteiger partial charge in [0.15, 0.2) is 0 Å². The molecule has 0 unspecified atom stereocenters. The van der Waals surface area contributed by atoms with Crippen LogP contribution in [-0.4, -0.2) is 28.7 Å². The van der Waals surface area contributed by atoms with Crippen LogP contribution in [-0.2, 0) is 4.79 Å². The molecule has 0 saturated heterocycles. The summed E-state index contributed by atoms with van der Waals surface area (Å²) in [5.41, 5.74) is 0.0753. The van der Waals surface area contributed by atoms with Crippen LogP contribution in [0.25, 0.3) is 0 Å². The van der Waals surface area contributed by atoms with E-state index in [1.165, 1.54) is 6.42 Å². The fraction of sp³-hybridized carbons (Fsp3) is 0.950. The summed E-state index contributed by atoms with van der Waals surface area (Å²) in [6, 6.07) is 0. The zero-order valence-corrected chi connectivity index (χ0v) is 14.6. The maximum absolute atomic E-state index is 12.2. The van der Waals surface area contributed by atoms with Crippen LogP contribution < -0.4 is 0 Å². The lowest BCUT2D eigenvalue weighted by atomic mass is 9.44. The van der Waals surface area contributed by atoms with Gasteiger partial charge in [-0.25, -0.2) is 0 Å². The van der Waals surface area contributed by atoms with Gasteiger partial charge in [-0.3, -0.25) is 4.79 Å². The minimum Gasteiger partial charge on any atom is -0.396 e. The Hall–Kier alpha value is -0.410. The first-order valence-electron chi connectivity index (χ1n) is 9.74. The molecule has 130 valence electrons. The second-order valence-electron chi connectivity index (χ2n) is 9.46. The first-order valence-corrected chi connectivity index (χ1v) is 9.74. The molecular weight excluding hydrogens is 288 g/mol. The fourth-order valence-corrected chi connectivity index (χ4v) is 7.42. The summed E-state index contributed by atoms with van der Waals surface area (Å²) in [7, 11) is 0. The van der Waals surface area contributed by atoms with E-state index in [-0.39, 0.29) is 29.5 Å². The van der Waals surface area contributed by atoms with Gasteiger partial charge in [-0.1, -0.05) is 13.8 Å². The molecule has 0 aromatic rings. The highest BCUT2D eigenvalue weighted by atomic mass is 16.3. The number of carbonyl (C=O) groups excluding carboxylic acids is 1. The van der Waals surface area contributed by atoms with E-state index in [1.54, 1.807) is 0 Å². The third-order valence-electron chi connectivity index (χ3n) is 8.76. The Morgan fingerprint density at radius 2 is 1.91 bits per heavy atom. The number of hydrogen-bond donors (Lipinski definition) is 2. The van der Waals surface area contributed by atoms with E-state index in [1.807, 2.05) is 0 Å². The molecule has 0 bridgehead atoms. The second kappa shape index (κ2) is 5.29. The maximum Gasteiger partial charge on any atom is 0.136 e. The molecule has 4 saturated carbocycles. The number of fused-ring (bicyclic) bond motifs is 5. The van der Waals surface area contributed by atoms with E-state index in [0.717, 1.165) is 38.5 Å². The maximum atomic E-state index is 12.2. The standard InChI is InChI=1S/C20H32O3/c1-12-10-20(11-21)13(9-17(12)22)3-4-14-15-5-6-18(23)19(15,2)8-7-16(14)20/h12-16,18,21,23H,3-11H2,1-2H3/t12-,13+,14+,15+,16+,18+,19+,20-/m1/s1. The van der Waals surface area contributed by atoms with Crippen LogP contribution in [0, 0.1) is 40.4 Å². The molecule has 2 N–H and O–H groups in total. The second-order valence-corrected chi connectivity index (χ2v) is 9.46. The number of rotatable bonds is 1. The van der Waals surface area contributed by atoms with Crippen molar-refractivity contribution in [2.24, 2.45) is 40.4 Å². The van der Waals surface area contributed by atoms with Crippen LogP contribution in [0.1, 0.15) is 65.2 Å². The van der Waals surface area contributed by atoms with Crippen molar-refractivity contribution < 1.29 is 15.0 Å². The molecule has 0 radical (unpaired) electrons. The van der Waals surface area contributed by atoms with E-state index in [0.29, 0.717) is 35.9 Å². The number of aliphatic hydroxyl groups is 2. The van der Waals surface area contributed by atoms with E-state index in [2.05, 4.69) is 13.8 Å². The van der Waals surface area contributed by atoms with Crippen LogP contribution in [0.3, 0.4) is 0 Å². The Labute approximate surface area is 139 Å². The highest BCUT2D eigenvalue weighted by Gasteiger charge is 2.61. The Morgan fingerprint density at radius 3 is 2.65 bits per heavy atom. The van der Waals surface area contributed by atoms with E-state index < -0.39 is 0 Å². The molecule has 8 atom stereocenters. The van der Waals surface area contributed by atoms with Gasteiger partial charge in [0, 0.05) is 24.4 Å². The van der Waals surface area contributed by atoms with Gasteiger partial charge in [-0.05, 0) is 74.0 Å². The van der Waals surface area contributed by atoms with Gasteiger partial charge in [0.25, 0.3) is 0 Å². The molecule has 0 spiro atoms. The highest BCUT2D eigenvalue weighted by Crippen LogP contribution is 2.66. The monoisotopic (exact) mass is 320 g/mol. The average Bonchev–Trinajstić information content (AvgIpc) is 2.84. The summed E-state index contributed by atoms with van der Waals surface area (Å²) in [5, 5.41) is 20.9. The summed E-state index contributed by atoms with van der Waals surface area (Å²) in [6.45, 7) is 4.62. The average molecular weight is 320 g/mol. The molecule has 0 aromatic carbocycles. The van der Waals surface area contributed by atoms with Gasteiger partial charge in [0.2, 0.25) is 0 Å². The third-order valence-corrected chi connectivity index (χ3v) is 8.76. The van der Waals surface area contributed by atoms with Crippen molar-refractivity contribution in [2.75, 3.05) is 6.61 Å². The summed E-state index contributed by atoms with van der Waals surface area (Å²) in [4.78, 5) is 12.2. The number of carbonyl (C=O) groups is 1. The molecule has 0 amide bonds. The van der Waals surface area contributed by atoms with Crippen LogP contribution in [0.5, 0.6) is 0 Å². The first-order chi connectivity index (χ1) is 10.9. The van der Waals surface area contributed by atoms with Gasteiger partial charge in [0.1, 0.15) is 5.78 Å². The number of aliphatic hydroxyl groups excluding tert-OH is 2. The van der Waals surface area contributed by atoms with Crippen LogP contribution >= 0.6 is 0 Å². The third kappa shape index (κ3) is 2.05. The molecular formula is C20H32O3. The molecule has 0 aromatic heterocycles. The van der Waals surface area contributed by atoms with Crippen LogP contribution in [0.15, 0.2) is 0 Å². The predicted molar refractivity (Wildman–Crippen MR) is 88.7 cm³/mol. The Kier molecular flexibility index (Phi) is 3.70. The topological polar surface area (TPSA) is 57.5 Å². The molecule has 3 nitrogen and oxygen atoms in total. The molecule has 4 rings (SSSR count). The SMILES string of the molecule is C[C@@H]1C[C@@]2(CO)[C@@H](CC[C@H]3[C@@H]4CC[C@H](O)[C@@]4(C)CC[C@@H]32)CC1=O. The van der Waals surface area contributed by atoms with Gasteiger partial charge >= 0.3 is 0 Å². The first kappa shape index (κ1) is 16.1. The molecule has 4 aliphatic carbocycles. The van der Waals surface area contributed by atoms with Crippen molar-refractivity contribution >= 4 is 5.78 Å². The van der Waals surface area contributed by atoms with Gasteiger partial charge in [-0.15, -0.1) is 0 Å². The quantitative estimate of drug-likeness (QED) is 0.780. The molecule has 4 fully saturated rings. The minimum atomic E-state index is -0.136. The van der Waals surface area contributed by atoms with E-state index in [4.69, 9.17) is 0 Å². The van der Waals surface area contributed by atoms with Gasteiger partial charge in [0.05, 0.1) is 6.10 Å². The highest BCUT2D eigenvalue weighted by molar-refractivity contribution is 5.82. The lowest BCUT2D eigenvalue weighted by Gasteiger charge is -2.61. The number of hydrogen-bond acceptors (Lipinski definition) is 3. The summed E-state index contributed by atoms with van der Waals surface area (Å²) < 4.78 is 0. The zero-order chi connectivity index (χ0) is 16.4. The Bertz CT molecular complexity index is 503. The van der Waals surface area contributed by atoms with Crippen molar-refractivity contribution in [1.29, 1.82) is 0 Å². The van der Waals surface area contributed by atoms with Crippen LogP contribution in [0.4, 0.5) is 0 Å². The summed E-state index contributed by atoms with van der Waals surface area (Å²) in [5.74, 6) is 2.75. The lowest BCUT2D eigenvalue weighted by molar-refractivity contribution is -0.162. The van der Waals surface area contributed by atoms with Crippen molar-refractivity contribution in [3.05, 3.63) is 0 Å². The summed E-state index contributed by atoms with van der Waals surface area (Å²) in [6.07, 6.45) is 8.07. The Morgan fingerprint density at radius 1 is 1.13 bits per heavy atom. The summed E-state index contributed by atoms with van der Waals surface area (Å²) >= 11 is 0. The van der Waals surface area contributed by atoms with Crippen LogP contribution in [0.2, 0.25) is 0 Å². The molecule has 0 aliphatic heterocycles. The normalized spacial score (nSPS) is 55.9. The minimum absolute atomic E-state index is 0.0227. The molecule has 0 heterocycles. The van der Waals surface area contributed by atoms with Crippen molar-refractivity contribution in [3.8, 4) is 0 Å². The largest absolute Gasteiger partial charge is 0.396 e. The van der Waals surface area contributed by atoms with Crippen molar-refractivity contribution in [2.45, 2.75) is 71.3 Å². The Balaban J connectivity index is 1.68. The predicted octanol–water partition coefficient (Wildman–Crippen LogP) is 3.18. The van der Waals surface area contributed by atoms with Crippen molar-refractivity contribution in [3.63, 3.8) is 0 Å². The van der Waals surface area contributed by atoms with E-state index in [9.17, 15) is 15.0 Å². The fourth-order valence-electron chi connectivity index (χ4n) is 7.42. The number of Topliss-reactive ketones (excluding diaryl/α,β-unsaturated/α-hetero) is 1. The lowest BCUT2D eigenvalue weighted by Crippen LogP contribution is -2.57.